The molecule has 2 N–H and O–H groups in total. The molecule has 1 saturated heterocycles. The molecule has 0 unspecified atom stereocenters. The minimum Gasteiger partial charge on any atom is -0.466 e. The van der Waals surface area contributed by atoms with Gasteiger partial charge in [-0.1, -0.05) is 24.3 Å². The zero-order valence-electron chi connectivity index (χ0n) is 23.9. The second-order valence-electron chi connectivity index (χ2n) is 10.5. The summed E-state index contributed by atoms with van der Waals surface area (Å²) in [5.41, 5.74) is 0.336. The van der Waals surface area contributed by atoms with Gasteiger partial charge in [-0.15, -0.1) is 0 Å². The first-order chi connectivity index (χ1) is 20.9. The first-order valence-electron chi connectivity index (χ1n) is 14.5. The van der Waals surface area contributed by atoms with Crippen molar-refractivity contribution in [2.45, 2.75) is 19.8 Å². The number of nitrogens with one attached hydrogen (secondary N) is 2. The fraction of sp³-hybridized carbons (Fsp3) is 0.344. The number of hydrogen-bond donors (Lipinski definition) is 2. The fourth-order valence-corrected chi connectivity index (χ4v) is 5.58. The number of amides is 1. The molecule has 0 bridgehead atoms. The summed E-state index contributed by atoms with van der Waals surface area (Å²) in [5.74, 6) is -1.12. The van der Waals surface area contributed by atoms with E-state index in [0.717, 1.165) is 42.9 Å². The molecule has 11 heteroatoms. The van der Waals surface area contributed by atoms with Crippen molar-refractivity contribution in [1.29, 1.82) is 0 Å². The lowest BCUT2D eigenvalue weighted by atomic mass is 10.0. The molecule has 0 radical (unpaired) electrons. The van der Waals surface area contributed by atoms with Crippen LogP contribution >= 0.6 is 0 Å². The molecule has 43 heavy (non-hydrogen) atoms. The van der Waals surface area contributed by atoms with Crippen LogP contribution in [0.4, 0.5) is 10.1 Å². The molecule has 0 spiro atoms. The molecule has 4 aromatic rings. The summed E-state index contributed by atoms with van der Waals surface area (Å²) in [6.07, 6.45) is 2.20. The summed E-state index contributed by atoms with van der Waals surface area (Å²) in [6.45, 7) is 6.42. The van der Waals surface area contributed by atoms with Crippen LogP contribution in [0, 0.1) is 5.82 Å². The minimum absolute atomic E-state index is 0.00754. The molecule has 0 aliphatic carbocycles. The summed E-state index contributed by atoms with van der Waals surface area (Å²) in [7, 11) is 0. The van der Waals surface area contributed by atoms with Gasteiger partial charge in [-0.25, -0.2) is 4.39 Å². The fourth-order valence-electron chi connectivity index (χ4n) is 5.58. The molecule has 2 aliphatic rings. The van der Waals surface area contributed by atoms with Crippen LogP contribution in [0.2, 0.25) is 0 Å². The van der Waals surface area contributed by atoms with Gasteiger partial charge in [0.1, 0.15) is 16.8 Å². The van der Waals surface area contributed by atoms with Gasteiger partial charge in [-0.3, -0.25) is 19.3 Å². The average molecular weight is 589 g/mol. The van der Waals surface area contributed by atoms with Gasteiger partial charge in [0.25, 0.3) is 5.91 Å². The smallest absolute Gasteiger partial charge is 0.307 e. The molecular formula is C32H33FN4O6. The van der Waals surface area contributed by atoms with E-state index in [4.69, 9.17) is 14.2 Å². The highest BCUT2D eigenvalue weighted by Gasteiger charge is 2.29. The van der Waals surface area contributed by atoms with E-state index >= 15 is 4.39 Å². The lowest BCUT2D eigenvalue weighted by molar-refractivity contribution is -0.142. The lowest BCUT2D eigenvalue weighted by Gasteiger charge is -2.27. The quantitative estimate of drug-likeness (QED) is 0.185. The number of pyridine rings is 1. The Bertz CT molecular complexity index is 1770. The third-order valence-corrected chi connectivity index (χ3v) is 7.72. The number of halogens is 1. The molecule has 1 aromatic heterocycles. The normalized spacial score (nSPS) is 14.3. The first-order valence-corrected chi connectivity index (χ1v) is 14.5. The number of anilines is 1. The Labute approximate surface area is 247 Å². The standard InChI is InChI=1S/C32H33FN4O6/c1-2-42-27(38)8-10-35-32(40)23-19-37-25-16-20-6-3-4-7-21(20)17-26(25)43-31-28(24(33)18-22(29(31)37)30(23)39)34-9-5-11-36-12-14-41-15-13-36/h3-4,6-7,16-19,34H,2,5,8-15H2,1H3,(H,35,40). The highest BCUT2D eigenvalue weighted by atomic mass is 19.1. The number of nitrogens with zero attached hydrogens (tertiary/aromatic N) is 2. The molecule has 0 atom stereocenters. The molecular weight excluding hydrogens is 555 g/mol. The van der Waals surface area contributed by atoms with E-state index in [9.17, 15) is 14.4 Å². The van der Waals surface area contributed by atoms with Crippen LogP contribution in [0.3, 0.4) is 0 Å². The van der Waals surface area contributed by atoms with Crippen molar-refractivity contribution in [3.8, 4) is 17.2 Å². The highest BCUT2D eigenvalue weighted by molar-refractivity contribution is 6.02. The van der Waals surface area contributed by atoms with Crippen molar-refractivity contribution >= 4 is 39.2 Å². The average Bonchev–Trinajstić information content (AvgIpc) is 3.01. The third kappa shape index (κ3) is 5.78. The van der Waals surface area contributed by atoms with Crippen molar-refractivity contribution < 1.29 is 28.2 Å². The van der Waals surface area contributed by atoms with E-state index in [1.54, 1.807) is 11.5 Å². The lowest BCUT2D eigenvalue weighted by Crippen LogP contribution is -2.37. The Morgan fingerprint density at radius 2 is 1.84 bits per heavy atom. The second kappa shape index (κ2) is 12.4. The molecule has 1 amide bonds. The Morgan fingerprint density at radius 1 is 1.07 bits per heavy atom. The monoisotopic (exact) mass is 588 g/mol. The van der Waals surface area contributed by atoms with Crippen molar-refractivity contribution in [2.75, 3.05) is 57.9 Å². The number of esters is 1. The molecule has 10 nitrogen and oxygen atoms in total. The predicted octanol–water partition coefficient (Wildman–Crippen LogP) is 4.21. The maximum absolute atomic E-state index is 15.7. The summed E-state index contributed by atoms with van der Waals surface area (Å²) < 4.78 is 34.1. The molecule has 3 heterocycles. The van der Waals surface area contributed by atoms with E-state index in [1.165, 1.54) is 6.20 Å². The summed E-state index contributed by atoms with van der Waals surface area (Å²) in [6, 6.07) is 12.7. The van der Waals surface area contributed by atoms with Crippen LogP contribution in [0.15, 0.2) is 53.5 Å². The van der Waals surface area contributed by atoms with Gasteiger partial charge in [-0.05, 0) is 48.9 Å². The van der Waals surface area contributed by atoms with Gasteiger partial charge < -0.3 is 29.4 Å². The molecule has 6 rings (SSSR count). The molecule has 0 saturated carbocycles. The molecule has 3 aromatic carbocycles. The number of hydrogen-bond acceptors (Lipinski definition) is 8. The molecule has 1 fully saturated rings. The number of morpholine rings is 1. The van der Waals surface area contributed by atoms with Crippen LogP contribution in [-0.2, 0) is 14.3 Å². The Hall–Kier alpha value is -4.48. The Balaban J connectivity index is 1.39. The SMILES string of the molecule is CCOC(=O)CCNC(=O)c1cn2c3c(c(NCCCN4CCOCC4)c(F)cc3c1=O)Oc1cc3ccccc3cc1-2. The van der Waals surface area contributed by atoms with E-state index in [0.29, 0.717) is 36.7 Å². The molecule has 224 valence electrons. The summed E-state index contributed by atoms with van der Waals surface area (Å²) >= 11 is 0. The van der Waals surface area contributed by atoms with Gasteiger partial charge in [0.05, 0.1) is 37.3 Å². The zero-order chi connectivity index (χ0) is 29.9. The topological polar surface area (TPSA) is 111 Å². The van der Waals surface area contributed by atoms with Crippen molar-refractivity contribution in [2.24, 2.45) is 0 Å². The Kier molecular flexibility index (Phi) is 8.26. The number of benzene rings is 3. The first kappa shape index (κ1) is 28.6. The number of ether oxygens (including phenoxy) is 3. The van der Waals surface area contributed by atoms with Crippen molar-refractivity contribution in [3.05, 3.63) is 70.3 Å². The van der Waals surface area contributed by atoms with Gasteiger partial charge in [0, 0.05) is 32.4 Å². The van der Waals surface area contributed by atoms with Crippen molar-refractivity contribution in [3.63, 3.8) is 0 Å². The van der Waals surface area contributed by atoms with E-state index in [2.05, 4.69) is 15.5 Å². The van der Waals surface area contributed by atoms with Gasteiger partial charge in [-0.2, -0.15) is 0 Å². The third-order valence-electron chi connectivity index (χ3n) is 7.72. The van der Waals surface area contributed by atoms with Crippen LogP contribution < -0.4 is 20.8 Å². The van der Waals surface area contributed by atoms with Gasteiger partial charge in [0.15, 0.2) is 17.3 Å². The van der Waals surface area contributed by atoms with Crippen LogP contribution in [0.5, 0.6) is 11.5 Å². The maximum Gasteiger partial charge on any atom is 0.307 e. The van der Waals surface area contributed by atoms with Crippen LogP contribution in [0.25, 0.3) is 27.4 Å². The number of aromatic nitrogens is 1. The van der Waals surface area contributed by atoms with Crippen LogP contribution in [-0.4, -0.2) is 73.9 Å². The largest absolute Gasteiger partial charge is 0.466 e. The number of carbonyl (C=O) groups excluding carboxylic acids is 2. The summed E-state index contributed by atoms with van der Waals surface area (Å²) in [4.78, 5) is 40.8. The van der Waals surface area contributed by atoms with E-state index in [1.807, 2.05) is 36.4 Å². The second-order valence-corrected chi connectivity index (χ2v) is 10.5. The number of carbonyl (C=O) groups is 2. The minimum atomic E-state index is -0.666. The molecule has 2 aliphatic heterocycles. The van der Waals surface area contributed by atoms with Gasteiger partial charge in [0.2, 0.25) is 5.43 Å². The predicted molar refractivity (Wildman–Crippen MR) is 161 cm³/mol. The zero-order valence-corrected chi connectivity index (χ0v) is 23.9. The van der Waals surface area contributed by atoms with Gasteiger partial charge >= 0.3 is 5.97 Å². The number of fused-ring (bicyclic) bond motifs is 3. The highest BCUT2D eigenvalue weighted by Crippen LogP contribution is 2.46. The summed E-state index contributed by atoms with van der Waals surface area (Å²) in [5, 5.41) is 7.70. The number of rotatable bonds is 10. The van der Waals surface area contributed by atoms with Crippen molar-refractivity contribution in [1.82, 2.24) is 14.8 Å². The van der Waals surface area contributed by atoms with E-state index in [-0.39, 0.29) is 42.0 Å². The Morgan fingerprint density at radius 3 is 2.60 bits per heavy atom. The van der Waals surface area contributed by atoms with Crippen LogP contribution in [0.1, 0.15) is 30.1 Å². The maximum atomic E-state index is 15.7. The van der Waals surface area contributed by atoms with E-state index < -0.39 is 23.1 Å².